The first-order valence-corrected chi connectivity index (χ1v) is 9.02. The normalized spacial score (nSPS) is 27.4. The molecule has 1 saturated carbocycles. The average molecular weight is 346 g/mol. The first-order valence-electron chi connectivity index (χ1n) is 9.02. The number of nitrogens with zero attached hydrogens (tertiary/aromatic N) is 5. The van der Waals surface area contributed by atoms with E-state index in [2.05, 4.69) is 22.2 Å². The van der Waals surface area contributed by atoms with Gasteiger partial charge < -0.3 is 24.6 Å². The van der Waals surface area contributed by atoms with Crippen molar-refractivity contribution >= 4 is 11.9 Å². The molecule has 0 bridgehead atoms. The van der Waals surface area contributed by atoms with Gasteiger partial charge >= 0.3 is 6.03 Å². The predicted molar refractivity (Wildman–Crippen MR) is 92.1 cm³/mol. The van der Waals surface area contributed by atoms with Crippen LogP contribution in [0.3, 0.4) is 0 Å². The Morgan fingerprint density at radius 3 is 2.76 bits per heavy atom. The van der Waals surface area contributed by atoms with Crippen LogP contribution in [0.2, 0.25) is 0 Å². The number of amides is 3. The molecule has 2 saturated heterocycles. The average Bonchev–Trinajstić information content (AvgIpc) is 3.08. The summed E-state index contributed by atoms with van der Waals surface area (Å²) in [4.78, 5) is 34.9. The number of urea groups is 1. The van der Waals surface area contributed by atoms with Gasteiger partial charge in [-0.1, -0.05) is 0 Å². The fraction of sp³-hybridized carbons (Fsp3) is 0.706. The Morgan fingerprint density at radius 2 is 2.08 bits per heavy atom. The van der Waals surface area contributed by atoms with Crippen LogP contribution in [0.4, 0.5) is 4.79 Å². The molecule has 0 unspecified atom stereocenters. The van der Waals surface area contributed by atoms with Gasteiger partial charge in [0, 0.05) is 57.1 Å². The van der Waals surface area contributed by atoms with Crippen molar-refractivity contribution in [3.63, 3.8) is 0 Å². The van der Waals surface area contributed by atoms with Gasteiger partial charge in [0.05, 0.1) is 12.4 Å². The van der Waals surface area contributed by atoms with Crippen LogP contribution in [0.15, 0.2) is 12.5 Å². The van der Waals surface area contributed by atoms with Gasteiger partial charge in [0.1, 0.15) is 6.54 Å². The van der Waals surface area contributed by atoms with Crippen LogP contribution >= 0.6 is 0 Å². The lowest BCUT2D eigenvalue weighted by atomic mass is 10.00. The number of aryl methyl sites for hydroxylation is 1. The minimum absolute atomic E-state index is 0.0179. The van der Waals surface area contributed by atoms with Gasteiger partial charge in [-0.15, -0.1) is 0 Å². The number of hydrogen-bond acceptors (Lipinski definition) is 4. The SMILES string of the molecule is CN1C[C@@H](NC(=O)CN2CCN(C3CC3)C2=O)[C@H](c2cncn2C)C1. The van der Waals surface area contributed by atoms with E-state index in [4.69, 9.17) is 0 Å². The van der Waals surface area contributed by atoms with Crippen LogP contribution in [0.25, 0.3) is 0 Å². The molecule has 3 amide bonds. The zero-order chi connectivity index (χ0) is 17.6. The lowest BCUT2D eigenvalue weighted by molar-refractivity contribution is -0.122. The Hall–Kier alpha value is -2.09. The fourth-order valence-corrected chi connectivity index (χ4v) is 4.07. The van der Waals surface area contributed by atoms with E-state index in [1.54, 1.807) is 11.2 Å². The van der Waals surface area contributed by atoms with Gasteiger partial charge in [-0.2, -0.15) is 0 Å². The summed E-state index contributed by atoms with van der Waals surface area (Å²) in [5, 5.41) is 3.15. The van der Waals surface area contributed by atoms with Gasteiger partial charge in [0.25, 0.3) is 0 Å². The number of imidazole rings is 1. The third-order valence-electron chi connectivity index (χ3n) is 5.53. The van der Waals surface area contributed by atoms with Crippen molar-refractivity contribution in [2.24, 2.45) is 7.05 Å². The van der Waals surface area contributed by atoms with E-state index < -0.39 is 0 Å². The fourth-order valence-electron chi connectivity index (χ4n) is 4.07. The number of hydrogen-bond donors (Lipinski definition) is 1. The summed E-state index contributed by atoms with van der Waals surface area (Å²) < 4.78 is 2.01. The third kappa shape index (κ3) is 3.22. The molecule has 0 spiro atoms. The highest BCUT2D eigenvalue weighted by atomic mass is 16.2. The van der Waals surface area contributed by atoms with E-state index in [9.17, 15) is 9.59 Å². The molecule has 2 aliphatic heterocycles. The molecule has 0 aromatic carbocycles. The van der Waals surface area contributed by atoms with Crippen molar-refractivity contribution in [1.82, 2.24) is 29.6 Å². The Morgan fingerprint density at radius 1 is 1.28 bits per heavy atom. The minimum atomic E-state index is -0.0709. The maximum atomic E-state index is 12.5. The second-order valence-corrected chi connectivity index (χ2v) is 7.56. The van der Waals surface area contributed by atoms with Crippen molar-refractivity contribution in [3.8, 4) is 0 Å². The monoisotopic (exact) mass is 346 g/mol. The van der Waals surface area contributed by atoms with E-state index in [0.29, 0.717) is 12.6 Å². The molecule has 8 nitrogen and oxygen atoms in total. The minimum Gasteiger partial charge on any atom is -0.350 e. The Labute approximate surface area is 147 Å². The molecule has 0 radical (unpaired) electrons. The van der Waals surface area contributed by atoms with Crippen molar-refractivity contribution in [2.75, 3.05) is 39.8 Å². The van der Waals surface area contributed by atoms with Crippen LogP contribution < -0.4 is 5.32 Å². The van der Waals surface area contributed by atoms with Gasteiger partial charge in [0.2, 0.25) is 5.91 Å². The van der Waals surface area contributed by atoms with E-state index in [1.165, 1.54) is 0 Å². The maximum absolute atomic E-state index is 12.5. The zero-order valence-corrected chi connectivity index (χ0v) is 14.9. The van der Waals surface area contributed by atoms with E-state index in [0.717, 1.165) is 38.2 Å². The highest BCUT2D eigenvalue weighted by Crippen LogP contribution is 2.30. The molecule has 3 heterocycles. The molecule has 2 atom stereocenters. The summed E-state index contributed by atoms with van der Waals surface area (Å²) in [5.74, 6) is 0.150. The Bertz CT molecular complexity index is 670. The summed E-state index contributed by atoms with van der Waals surface area (Å²) >= 11 is 0. The quantitative estimate of drug-likeness (QED) is 0.804. The van der Waals surface area contributed by atoms with E-state index in [1.807, 2.05) is 22.7 Å². The number of aromatic nitrogens is 2. The first-order chi connectivity index (χ1) is 12.0. The molecule has 1 aromatic heterocycles. The second kappa shape index (κ2) is 6.33. The summed E-state index contributed by atoms with van der Waals surface area (Å²) in [6, 6.07) is 0.479. The van der Waals surface area contributed by atoms with Gasteiger partial charge in [0.15, 0.2) is 0 Å². The van der Waals surface area contributed by atoms with Crippen LogP contribution in [-0.2, 0) is 11.8 Å². The van der Waals surface area contributed by atoms with Crippen molar-refractivity contribution in [3.05, 3.63) is 18.2 Å². The Kier molecular flexibility index (Phi) is 4.15. The molecule has 136 valence electrons. The molecular weight excluding hydrogens is 320 g/mol. The molecule has 1 N–H and O–H groups in total. The molecular formula is C17H26N6O2. The summed E-state index contributed by atoms with van der Waals surface area (Å²) in [7, 11) is 4.04. The molecule has 3 fully saturated rings. The Balaban J connectivity index is 1.36. The highest BCUT2D eigenvalue weighted by molar-refractivity contribution is 5.85. The smallest absolute Gasteiger partial charge is 0.320 e. The third-order valence-corrected chi connectivity index (χ3v) is 5.53. The first kappa shape index (κ1) is 16.4. The predicted octanol–water partition coefficient (Wildman–Crippen LogP) is -0.166. The van der Waals surface area contributed by atoms with Gasteiger partial charge in [-0.3, -0.25) is 4.79 Å². The molecule has 1 aliphatic carbocycles. The van der Waals surface area contributed by atoms with Crippen LogP contribution in [-0.4, -0.2) is 88.0 Å². The summed E-state index contributed by atoms with van der Waals surface area (Å²) in [5.41, 5.74) is 1.13. The van der Waals surface area contributed by atoms with Crippen LogP contribution in [0, 0.1) is 0 Å². The maximum Gasteiger partial charge on any atom is 0.320 e. The van der Waals surface area contributed by atoms with Gasteiger partial charge in [-0.05, 0) is 19.9 Å². The highest BCUT2D eigenvalue weighted by Gasteiger charge is 2.40. The number of rotatable bonds is 5. The van der Waals surface area contributed by atoms with Gasteiger partial charge in [-0.25, -0.2) is 9.78 Å². The number of likely N-dealkylation sites (N-methyl/N-ethyl adjacent to an activating group) is 1. The number of nitrogens with one attached hydrogen (secondary N) is 1. The van der Waals surface area contributed by atoms with Crippen molar-refractivity contribution < 1.29 is 9.59 Å². The molecule has 25 heavy (non-hydrogen) atoms. The standard InChI is InChI=1S/C17H26N6O2/c1-20-8-13(15-7-18-11-21(15)2)14(9-20)19-16(24)10-22-5-6-23(17(22)25)12-3-4-12/h7,11-14H,3-6,8-10H2,1-2H3,(H,19,24)/t13-,14-/m1/s1. The topological polar surface area (TPSA) is 73.7 Å². The van der Waals surface area contributed by atoms with E-state index in [-0.39, 0.29) is 30.4 Å². The molecule has 1 aromatic rings. The lowest BCUT2D eigenvalue weighted by Gasteiger charge is -2.22. The molecule has 3 aliphatic rings. The number of likely N-dealkylation sites (tertiary alicyclic amines) is 1. The van der Waals surface area contributed by atoms with Crippen molar-refractivity contribution in [2.45, 2.75) is 30.8 Å². The summed E-state index contributed by atoms with van der Waals surface area (Å²) in [6.07, 6.45) is 5.88. The zero-order valence-electron chi connectivity index (χ0n) is 14.9. The number of carbonyl (C=O) groups is 2. The van der Waals surface area contributed by atoms with E-state index >= 15 is 0 Å². The summed E-state index contributed by atoms with van der Waals surface area (Å²) in [6.45, 7) is 3.26. The molecule has 4 rings (SSSR count). The second-order valence-electron chi connectivity index (χ2n) is 7.56. The number of carbonyl (C=O) groups excluding carboxylic acids is 2. The molecule has 8 heteroatoms. The lowest BCUT2D eigenvalue weighted by Crippen LogP contribution is -2.46. The largest absolute Gasteiger partial charge is 0.350 e. The van der Waals surface area contributed by atoms with Crippen molar-refractivity contribution in [1.29, 1.82) is 0 Å². The van der Waals surface area contributed by atoms with Crippen LogP contribution in [0.5, 0.6) is 0 Å². The van der Waals surface area contributed by atoms with Crippen LogP contribution in [0.1, 0.15) is 24.5 Å².